The monoisotopic (exact) mass is 345 g/mol. The lowest BCUT2D eigenvalue weighted by Crippen LogP contribution is -2.11. The molecule has 3 rings (SSSR count). The van der Waals surface area contributed by atoms with E-state index >= 15 is 0 Å². The summed E-state index contributed by atoms with van der Waals surface area (Å²) < 4.78 is 6.43. The van der Waals surface area contributed by atoms with Gasteiger partial charge in [-0.25, -0.2) is 0 Å². The molecule has 1 aromatic heterocycles. The summed E-state index contributed by atoms with van der Waals surface area (Å²) in [6, 6.07) is 12.2. The molecule has 0 spiro atoms. The van der Waals surface area contributed by atoms with Crippen LogP contribution in [0.2, 0.25) is 0 Å². The predicted octanol–water partition coefficient (Wildman–Crippen LogP) is 4.46. The van der Waals surface area contributed by atoms with Gasteiger partial charge in [-0.2, -0.15) is 0 Å². The molecule has 0 aliphatic rings. The Balaban J connectivity index is 1.91. The summed E-state index contributed by atoms with van der Waals surface area (Å²) in [4.78, 5) is 12.2. The fourth-order valence-corrected chi connectivity index (χ4v) is 2.44. The quantitative estimate of drug-likeness (QED) is 0.674. The van der Waals surface area contributed by atoms with E-state index in [0.29, 0.717) is 11.3 Å². The highest BCUT2D eigenvalue weighted by molar-refractivity contribution is 9.10. The van der Waals surface area contributed by atoms with Crippen LogP contribution in [0.25, 0.3) is 11.0 Å². The van der Waals surface area contributed by atoms with Gasteiger partial charge in [-0.15, -0.1) is 0 Å². The lowest BCUT2D eigenvalue weighted by Gasteiger charge is -2.06. The van der Waals surface area contributed by atoms with Gasteiger partial charge in [0, 0.05) is 9.86 Å². The third-order valence-corrected chi connectivity index (χ3v) is 3.60. The van der Waals surface area contributed by atoms with E-state index in [-0.39, 0.29) is 11.5 Å². The van der Waals surface area contributed by atoms with Crippen molar-refractivity contribution in [2.24, 2.45) is 0 Å². The zero-order valence-corrected chi connectivity index (χ0v) is 12.8. The lowest BCUT2D eigenvalue weighted by atomic mass is 10.2. The number of aryl methyl sites for hydroxylation is 1. The molecular weight excluding hydrogens is 334 g/mol. The number of fused-ring (bicyclic) bond motifs is 1. The van der Waals surface area contributed by atoms with Crippen molar-refractivity contribution in [2.45, 2.75) is 6.92 Å². The number of anilines is 1. The number of phenols is 1. The van der Waals surface area contributed by atoms with Crippen molar-refractivity contribution in [1.29, 1.82) is 0 Å². The van der Waals surface area contributed by atoms with Crippen LogP contribution in [-0.2, 0) is 0 Å². The van der Waals surface area contributed by atoms with Crippen LogP contribution in [0.4, 0.5) is 5.69 Å². The molecule has 0 radical (unpaired) electrons. The maximum Gasteiger partial charge on any atom is 0.291 e. The zero-order valence-electron chi connectivity index (χ0n) is 11.2. The molecule has 1 amide bonds. The Bertz CT molecular complexity index is 839. The lowest BCUT2D eigenvalue weighted by molar-refractivity contribution is 0.0998. The molecule has 0 saturated heterocycles. The number of carbonyl (C=O) groups excluding carboxylic acids is 1. The summed E-state index contributed by atoms with van der Waals surface area (Å²) in [5, 5.41) is 13.2. The number of amides is 1. The van der Waals surface area contributed by atoms with Crippen LogP contribution >= 0.6 is 15.9 Å². The van der Waals surface area contributed by atoms with Gasteiger partial charge in [0.2, 0.25) is 0 Å². The molecule has 0 atom stereocenters. The molecule has 0 fully saturated rings. The second-order valence-electron chi connectivity index (χ2n) is 4.77. The summed E-state index contributed by atoms with van der Waals surface area (Å²) in [5.74, 6) is -0.181. The van der Waals surface area contributed by atoms with Crippen LogP contribution in [0.15, 0.2) is 51.4 Å². The van der Waals surface area contributed by atoms with Crippen molar-refractivity contribution in [2.75, 3.05) is 5.32 Å². The normalized spacial score (nSPS) is 10.8. The number of hydrogen-bond donors (Lipinski definition) is 2. The number of nitrogens with one attached hydrogen (secondary N) is 1. The predicted molar refractivity (Wildman–Crippen MR) is 84.7 cm³/mol. The summed E-state index contributed by atoms with van der Waals surface area (Å²) >= 11 is 3.37. The fraction of sp³-hybridized carbons (Fsp3) is 0.0625. The van der Waals surface area contributed by atoms with Gasteiger partial charge < -0.3 is 14.8 Å². The van der Waals surface area contributed by atoms with E-state index in [4.69, 9.17) is 4.42 Å². The first-order valence-electron chi connectivity index (χ1n) is 6.33. The molecule has 0 unspecified atom stereocenters. The first-order chi connectivity index (χ1) is 10.0. The van der Waals surface area contributed by atoms with E-state index in [2.05, 4.69) is 21.2 Å². The number of carbonyl (C=O) groups is 1. The molecule has 21 heavy (non-hydrogen) atoms. The molecule has 106 valence electrons. The molecule has 0 saturated carbocycles. The van der Waals surface area contributed by atoms with Crippen molar-refractivity contribution in [1.82, 2.24) is 0 Å². The minimum absolute atomic E-state index is 0.0211. The van der Waals surface area contributed by atoms with E-state index in [1.54, 1.807) is 30.3 Å². The van der Waals surface area contributed by atoms with Crippen molar-refractivity contribution in [3.05, 3.63) is 58.3 Å². The van der Waals surface area contributed by atoms with Crippen molar-refractivity contribution < 1.29 is 14.3 Å². The third-order valence-electron chi connectivity index (χ3n) is 3.10. The van der Waals surface area contributed by atoms with E-state index in [0.717, 1.165) is 15.4 Å². The zero-order chi connectivity index (χ0) is 15.0. The molecule has 5 heteroatoms. The Morgan fingerprint density at radius 3 is 2.81 bits per heavy atom. The summed E-state index contributed by atoms with van der Waals surface area (Å²) in [7, 11) is 0. The summed E-state index contributed by atoms with van der Waals surface area (Å²) in [6.45, 7) is 1.88. The van der Waals surface area contributed by atoms with Gasteiger partial charge in [0.1, 0.15) is 11.3 Å². The van der Waals surface area contributed by atoms with Crippen LogP contribution in [0.1, 0.15) is 16.1 Å². The molecule has 1 heterocycles. The SMILES string of the molecule is Cc1ccc(O)c(NC(=O)c2cc3cc(Br)ccc3o2)c1. The molecule has 0 aliphatic carbocycles. The minimum atomic E-state index is -0.400. The number of phenolic OH excluding ortho intramolecular Hbond substituents is 1. The standard InChI is InChI=1S/C16H12BrNO3/c1-9-2-4-13(19)12(6-9)18-16(20)15-8-10-7-11(17)3-5-14(10)21-15/h2-8,19H,1H3,(H,18,20). The van der Waals surface area contributed by atoms with E-state index in [9.17, 15) is 9.90 Å². The largest absolute Gasteiger partial charge is 0.506 e. The molecule has 4 nitrogen and oxygen atoms in total. The summed E-state index contributed by atoms with van der Waals surface area (Å²) in [5.41, 5.74) is 1.94. The first-order valence-corrected chi connectivity index (χ1v) is 7.12. The van der Waals surface area contributed by atoms with Gasteiger partial charge in [0.05, 0.1) is 5.69 Å². The molecule has 0 aliphatic heterocycles. The molecule has 3 aromatic rings. The number of rotatable bonds is 2. The van der Waals surface area contributed by atoms with E-state index < -0.39 is 5.91 Å². The van der Waals surface area contributed by atoms with Crippen LogP contribution in [0, 0.1) is 6.92 Å². The topological polar surface area (TPSA) is 62.5 Å². The van der Waals surface area contributed by atoms with Crippen LogP contribution < -0.4 is 5.32 Å². The molecule has 2 aromatic carbocycles. The van der Waals surface area contributed by atoms with Gasteiger partial charge in [-0.3, -0.25) is 4.79 Å². The average Bonchev–Trinajstić information content (AvgIpc) is 2.86. The van der Waals surface area contributed by atoms with Gasteiger partial charge in [-0.1, -0.05) is 22.0 Å². The van der Waals surface area contributed by atoms with Gasteiger partial charge >= 0.3 is 0 Å². The Hall–Kier alpha value is -2.27. The highest BCUT2D eigenvalue weighted by atomic mass is 79.9. The first kappa shape index (κ1) is 13.7. The Morgan fingerprint density at radius 1 is 1.19 bits per heavy atom. The highest BCUT2D eigenvalue weighted by Crippen LogP contribution is 2.27. The molecule has 2 N–H and O–H groups in total. The summed E-state index contributed by atoms with van der Waals surface area (Å²) in [6.07, 6.45) is 0. The van der Waals surface area contributed by atoms with Gasteiger partial charge in [0.15, 0.2) is 5.76 Å². The number of hydrogen-bond acceptors (Lipinski definition) is 3. The highest BCUT2D eigenvalue weighted by Gasteiger charge is 2.14. The maximum atomic E-state index is 12.2. The number of furan rings is 1. The Labute approximate surface area is 129 Å². The number of halogens is 1. The van der Waals surface area contributed by atoms with Gasteiger partial charge in [0.25, 0.3) is 5.91 Å². The second-order valence-corrected chi connectivity index (χ2v) is 5.68. The second kappa shape index (κ2) is 5.26. The Kier molecular flexibility index (Phi) is 3.43. The van der Waals surface area contributed by atoms with Crippen molar-refractivity contribution in [3.63, 3.8) is 0 Å². The Morgan fingerprint density at radius 2 is 2.00 bits per heavy atom. The van der Waals surface area contributed by atoms with Crippen molar-refractivity contribution >= 4 is 38.5 Å². The minimum Gasteiger partial charge on any atom is -0.506 e. The van der Waals surface area contributed by atoms with Gasteiger partial charge in [-0.05, 0) is 48.9 Å². The smallest absolute Gasteiger partial charge is 0.291 e. The molecular formula is C16H12BrNO3. The van der Waals surface area contributed by atoms with Crippen LogP contribution in [0.5, 0.6) is 5.75 Å². The van der Waals surface area contributed by atoms with E-state index in [1.165, 1.54) is 0 Å². The number of aromatic hydroxyl groups is 1. The number of benzene rings is 2. The third kappa shape index (κ3) is 2.78. The maximum absolute atomic E-state index is 12.2. The van der Waals surface area contributed by atoms with Crippen molar-refractivity contribution in [3.8, 4) is 5.75 Å². The average molecular weight is 346 g/mol. The fourth-order valence-electron chi connectivity index (χ4n) is 2.06. The van der Waals surface area contributed by atoms with Crippen LogP contribution in [0.3, 0.4) is 0 Å². The van der Waals surface area contributed by atoms with E-state index in [1.807, 2.05) is 19.1 Å². The molecule has 0 bridgehead atoms. The van der Waals surface area contributed by atoms with Crippen LogP contribution in [-0.4, -0.2) is 11.0 Å².